The van der Waals surface area contributed by atoms with Crippen molar-refractivity contribution in [3.05, 3.63) is 29.8 Å². The van der Waals surface area contributed by atoms with Crippen LogP contribution < -0.4 is 15.4 Å². The highest BCUT2D eigenvalue weighted by molar-refractivity contribution is 14.0. The van der Waals surface area contributed by atoms with Crippen LogP contribution in [0.1, 0.15) is 37.3 Å². The van der Waals surface area contributed by atoms with Gasteiger partial charge in [0, 0.05) is 39.3 Å². The van der Waals surface area contributed by atoms with Crippen molar-refractivity contribution in [3.8, 4) is 5.75 Å². The largest absolute Gasteiger partial charge is 0.497 e. The normalized spacial score (nSPS) is 20.3. The first-order valence-corrected chi connectivity index (χ1v) is 11.3. The number of nitrogens with zero attached hydrogens (tertiary/aromatic N) is 2. The highest BCUT2D eigenvalue weighted by Gasteiger charge is 2.24. The molecule has 8 heteroatoms. The van der Waals surface area contributed by atoms with E-state index >= 15 is 0 Å². The van der Waals surface area contributed by atoms with Crippen molar-refractivity contribution in [1.82, 2.24) is 15.5 Å². The summed E-state index contributed by atoms with van der Waals surface area (Å²) in [6.07, 6.45) is 4.61. The van der Waals surface area contributed by atoms with Gasteiger partial charge in [-0.2, -0.15) is 0 Å². The maximum Gasteiger partial charge on any atom is 0.191 e. The molecule has 0 saturated carbocycles. The van der Waals surface area contributed by atoms with Crippen LogP contribution in [0, 0.1) is 5.92 Å². The first-order valence-electron chi connectivity index (χ1n) is 11.3. The molecule has 0 spiro atoms. The van der Waals surface area contributed by atoms with Crippen LogP contribution in [0.15, 0.2) is 29.3 Å². The summed E-state index contributed by atoms with van der Waals surface area (Å²) in [4.78, 5) is 6.94. The van der Waals surface area contributed by atoms with Crippen LogP contribution in [0.2, 0.25) is 0 Å². The van der Waals surface area contributed by atoms with Crippen molar-refractivity contribution < 1.29 is 14.2 Å². The summed E-state index contributed by atoms with van der Waals surface area (Å²) in [6.45, 7) is 7.23. The molecule has 0 amide bonds. The summed E-state index contributed by atoms with van der Waals surface area (Å²) in [5.74, 6) is 2.32. The number of ether oxygens (including phenoxy) is 3. The zero-order chi connectivity index (χ0) is 21.0. The van der Waals surface area contributed by atoms with Crippen molar-refractivity contribution in [2.75, 3.05) is 66.8 Å². The first-order chi connectivity index (χ1) is 14.8. The van der Waals surface area contributed by atoms with E-state index in [1.54, 1.807) is 7.11 Å². The monoisotopic (exact) mass is 546 g/mol. The molecule has 2 unspecified atom stereocenters. The molecule has 2 N–H and O–H groups in total. The van der Waals surface area contributed by atoms with Crippen LogP contribution in [0.25, 0.3) is 0 Å². The Labute approximate surface area is 204 Å². The first kappa shape index (κ1) is 26.2. The maximum atomic E-state index is 5.78. The molecule has 2 saturated heterocycles. The summed E-state index contributed by atoms with van der Waals surface area (Å²) in [5.41, 5.74) is 1.28. The SMILES string of the molecule is CN=C(NCCCOCC1CCOC1)NCC(c1cccc(OC)c1)N1CCCC1.I. The number of aliphatic imine (C=N–C) groups is 1. The average molecular weight is 546 g/mol. The Hall–Kier alpha value is -1.10. The lowest BCUT2D eigenvalue weighted by Crippen LogP contribution is -2.43. The van der Waals surface area contributed by atoms with Crippen molar-refractivity contribution in [1.29, 1.82) is 0 Å². The smallest absolute Gasteiger partial charge is 0.191 e. The Morgan fingerprint density at radius 3 is 2.84 bits per heavy atom. The molecule has 2 fully saturated rings. The lowest BCUT2D eigenvalue weighted by molar-refractivity contribution is 0.0888. The number of benzene rings is 1. The molecule has 0 aromatic heterocycles. The zero-order valence-electron chi connectivity index (χ0n) is 19.0. The van der Waals surface area contributed by atoms with Crippen LogP contribution in [0.3, 0.4) is 0 Å². The van der Waals surface area contributed by atoms with E-state index in [2.05, 4.69) is 38.7 Å². The Morgan fingerprint density at radius 1 is 1.29 bits per heavy atom. The van der Waals surface area contributed by atoms with Crippen molar-refractivity contribution in [2.24, 2.45) is 10.9 Å². The van der Waals surface area contributed by atoms with Crippen molar-refractivity contribution in [3.63, 3.8) is 0 Å². The van der Waals surface area contributed by atoms with Crippen molar-refractivity contribution >= 4 is 29.9 Å². The van der Waals surface area contributed by atoms with Crippen LogP contribution in [0.5, 0.6) is 5.75 Å². The Balaban J connectivity index is 0.00000341. The van der Waals surface area contributed by atoms with E-state index in [4.69, 9.17) is 14.2 Å². The molecule has 0 bridgehead atoms. The van der Waals surface area contributed by atoms with Crippen LogP contribution in [-0.4, -0.2) is 77.6 Å². The highest BCUT2D eigenvalue weighted by atomic mass is 127. The molecule has 2 aliphatic rings. The lowest BCUT2D eigenvalue weighted by atomic mass is 10.1. The minimum Gasteiger partial charge on any atom is -0.497 e. The highest BCUT2D eigenvalue weighted by Crippen LogP contribution is 2.27. The summed E-state index contributed by atoms with van der Waals surface area (Å²) in [7, 11) is 3.54. The minimum absolute atomic E-state index is 0. The Bertz CT molecular complexity index is 649. The fraction of sp³-hybridized carbons (Fsp3) is 0.696. The quantitative estimate of drug-likeness (QED) is 0.193. The third kappa shape index (κ3) is 8.75. The van der Waals surface area contributed by atoms with Gasteiger partial charge >= 0.3 is 0 Å². The zero-order valence-corrected chi connectivity index (χ0v) is 21.3. The summed E-state index contributed by atoms with van der Waals surface area (Å²) in [5, 5.41) is 6.93. The average Bonchev–Trinajstić information content (AvgIpc) is 3.49. The second kappa shape index (κ2) is 14.9. The van der Waals surface area contributed by atoms with E-state index in [-0.39, 0.29) is 24.0 Å². The minimum atomic E-state index is 0. The van der Waals surface area contributed by atoms with Gasteiger partial charge in [0.2, 0.25) is 0 Å². The summed E-state index contributed by atoms with van der Waals surface area (Å²) in [6, 6.07) is 8.71. The molecule has 2 heterocycles. The molecular weight excluding hydrogens is 507 g/mol. The molecule has 2 aliphatic heterocycles. The number of methoxy groups -OCH3 is 1. The number of likely N-dealkylation sites (tertiary alicyclic amines) is 1. The number of guanidine groups is 1. The predicted octanol–water partition coefficient (Wildman–Crippen LogP) is 3.06. The summed E-state index contributed by atoms with van der Waals surface area (Å²) >= 11 is 0. The fourth-order valence-electron chi connectivity index (χ4n) is 4.12. The number of hydrogen-bond donors (Lipinski definition) is 2. The molecule has 2 atom stereocenters. The van der Waals surface area contributed by atoms with Gasteiger partial charge < -0.3 is 24.8 Å². The lowest BCUT2D eigenvalue weighted by Gasteiger charge is -2.29. The number of hydrogen-bond acceptors (Lipinski definition) is 5. The maximum absolute atomic E-state index is 5.78. The Kier molecular flexibility index (Phi) is 12.5. The number of halogens is 1. The molecule has 0 radical (unpaired) electrons. The number of rotatable bonds is 11. The Morgan fingerprint density at radius 2 is 2.13 bits per heavy atom. The fourth-order valence-corrected chi connectivity index (χ4v) is 4.12. The van der Waals surface area contributed by atoms with Gasteiger partial charge in [-0.25, -0.2) is 0 Å². The van der Waals surface area contributed by atoms with Crippen LogP contribution in [0.4, 0.5) is 0 Å². The van der Waals surface area contributed by atoms with E-state index in [0.717, 1.165) is 77.2 Å². The second-order valence-electron chi connectivity index (χ2n) is 8.07. The van der Waals surface area contributed by atoms with Gasteiger partial charge in [0.25, 0.3) is 0 Å². The number of nitrogens with one attached hydrogen (secondary N) is 2. The molecule has 31 heavy (non-hydrogen) atoms. The van der Waals surface area contributed by atoms with Gasteiger partial charge in [-0.3, -0.25) is 9.89 Å². The molecule has 176 valence electrons. The summed E-state index contributed by atoms with van der Waals surface area (Å²) < 4.78 is 16.6. The van der Waals surface area contributed by atoms with Gasteiger partial charge in [-0.1, -0.05) is 12.1 Å². The second-order valence-corrected chi connectivity index (χ2v) is 8.07. The topological polar surface area (TPSA) is 67.4 Å². The van der Waals surface area contributed by atoms with Crippen LogP contribution >= 0.6 is 24.0 Å². The molecule has 3 rings (SSSR count). The molecular formula is C23H39IN4O3. The van der Waals surface area contributed by atoms with Crippen LogP contribution in [-0.2, 0) is 9.47 Å². The standard InChI is InChI=1S/C23H38N4O3.HI/c1-24-23(25-10-6-13-29-17-19-9-14-30-18-19)26-16-22(27-11-3-4-12-27)20-7-5-8-21(15-20)28-2;/h5,7-8,15,19,22H,3-4,6,9-14,16-18H2,1-2H3,(H2,24,25,26);1H. The molecule has 7 nitrogen and oxygen atoms in total. The van der Waals surface area contributed by atoms with E-state index in [1.165, 1.54) is 18.4 Å². The molecule has 0 aliphatic carbocycles. The van der Waals surface area contributed by atoms with Gasteiger partial charge in [0.15, 0.2) is 5.96 Å². The molecule has 1 aromatic rings. The molecule has 1 aromatic carbocycles. The third-order valence-electron chi connectivity index (χ3n) is 5.88. The van der Waals surface area contributed by atoms with Gasteiger partial charge in [0.05, 0.1) is 26.4 Å². The van der Waals surface area contributed by atoms with E-state index in [1.807, 2.05) is 13.1 Å². The van der Waals surface area contributed by atoms with Gasteiger partial charge in [0.1, 0.15) is 5.75 Å². The van der Waals surface area contributed by atoms with Gasteiger partial charge in [-0.05, 0) is 56.5 Å². The van der Waals surface area contributed by atoms with E-state index < -0.39 is 0 Å². The third-order valence-corrected chi connectivity index (χ3v) is 5.88. The van der Waals surface area contributed by atoms with E-state index in [9.17, 15) is 0 Å². The predicted molar refractivity (Wildman–Crippen MR) is 136 cm³/mol. The van der Waals surface area contributed by atoms with E-state index in [0.29, 0.717) is 12.0 Å². The van der Waals surface area contributed by atoms with Gasteiger partial charge in [-0.15, -0.1) is 24.0 Å². The van der Waals surface area contributed by atoms with Crippen molar-refractivity contribution in [2.45, 2.75) is 31.7 Å².